The zero-order chi connectivity index (χ0) is 20.5. The first-order valence-corrected chi connectivity index (χ1v) is 10.5. The maximum Gasteiger partial charge on any atom is 0.338 e. The van der Waals surface area contributed by atoms with Gasteiger partial charge in [-0.1, -0.05) is 30.3 Å². The van der Waals surface area contributed by atoms with Crippen LogP contribution in [0.4, 0.5) is 0 Å². The van der Waals surface area contributed by atoms with Crippen LogP contribution in [0.3, 0.4) is 0 Å². The normalized spacial score (nSPS) is 18.4. The number of nitrogens with one attached hydrogen (secondary N) is 1. The molecule has 3 atom stereocenters. The molecule has 154 valence electrons. The minimum Gasteiger partial charge on any atom is -0.465 e. The van der Waals surface area contributed by atoms with Gasteiger partial charge in [-0.2, -0.15) is 0 Å². The maximum absolute atomic E-state index is 12.9. The van der Waals surface area contributed by atoms with E-state index >= 15 is 0 Å². The molecule has 1 aliphatic heterocycles. The first kappa shape index (κ1) is 22.6. The highest BCUT2D eigenvalue weighted by molar-refractivity contribution is 14.1. The SMILES string of the molecule is CCOC(=O)[C@H](CCc1ccccc1)NC(C)C(=O)N1CCC[C@H]1C(=O)OI. The third kappa shape index (κ3) is 6.16. The maximum atomic E-state index is 12.9. The number of amides is 1. The van der Waals surface area contributed by atoms with Gasteiger partial charge in [0.05, 0.1) is 12.6 Å². The molecule has 2 rings (SSSR count). The van der Waals surface area contributed by atoms with Crippen molar-refractivity contribution in [1.82, 2.24) is 10.2 Å². The van der Waals surface area contributed by atoms with E-state index in [0.29, 0.717) is 25.8 Å². The fourth-order valence-corrected chi connectivity index (χ4v) is 3.71. The molecule has 0 spiro atoms. The van der Waals surface area contributed by atoms with Crippen LogP contribution in [0.2, 0.25) is 0 Å². The Kier molecular flexibility index (Phi) is 9.17. The minimum absolute atomic E-state index is 0.210. The highest BCUT2D eigenvalue weighted by Crippen LogP contribution is 2.20. The Hall–Kier alpha value is -1.68. The van der Waals surface area contributed by atoms with Gasteiger partial charge in [0, 0.05) is 6.54 Å². The van der Waals surface area contributed by atoms with Crippen molar-refractivity contribution < 1.29 is 22.2 Å². The fraction of sp³-hybridized carbons (Fsp3) is 0.550. The summed E-state index contributed by atoms with van der Waals surface area (Å²) < 4.78 is 9.95. The number of benzene rings is 1. The van der Waals surface area contributed by atoms with E-state index in [9.17, 15) is 14.4 Å². The van der Waals surface area contributed by atoms with Crippen LogP contribution in [0, 0.1) is 0 Å². The van der Waals surface area contributed by atoms with Gasteiger partial charge in [0.1, 0.15) is 12.1 Å². The average Bonchev–Trinajstić information content (AvgIpc) is 3.20. The topological polar surface area (TPSA) is 84.9 Å². The van der Waals surface area contributed by atoms with Crippen LogP contribution in [0.1, 0.15) is 38.7 Å². The van der Waals surface area contributed by atoms with Crippen LogP contribution in [-0.4, -0.2) is 54.0 Å². The van der Waals surface area contributed by atoms with Crippen molar-refractivity contribution >= 4 is 40.9 Å². The molecule has 0 saturated carbocycles. The second-order valence-corrected chi connectivity index (χ2v) is 7.24. The van der Waals surface area contributed by atoms with Crippen LogP contribution < -0.4 is 5.32 Å². The molecule has 0 radical (unpaired) electrons. The number of aryl methyl sites for hydroxylation is 1. The third-order valence-corrected chi connectivity index (χ3v) is 5.28. The Bertz CT molecular complexity index is 670. The van der Waals surface area contributed by atoms with E-state index in [1.807, 2.05) is 30.3 Å². The third-order valence-electron chi connectivity index (χ3n) is 4.84. The first-order chi connectivity index (χ1) is 13.5. The second kappa shape index (κ2) is 11.4. The molecule has 1 N–H and O–H groups in total. The summed E-state index contributed by atoms with van der Waals surface area (Å²) in [4.78, 5) is 38.7. The van der Waals surface area contributed by atoms with E-state index in [-0.39, 0.29) is 18.5 Å². The summed E-state index contributed by atoms with van der Waals surface area (Å²) in [5, 5.41) is 3.11. The van der Waals surface area contributed by atoms with Crippen LogP contribution in [0.25, 0.3) is 0 Å². The van der Waals surface area contributed by atoms with Crippen molar-refractivity contribution in [3.8, 4) is 0 Å². The molecule has 1 aromatic rings. The number of carbonyl (C=O) groups excluding carboxylic acids is 3. The van der Waals surface area contributed by atoms with Gasteiger partial charge in [-0.3, -0.25) is 14.9 Å². The van der Waals surface area contributed by atoms with E-state index in [2.05, 4.69) is 5.32 Å². The van der Waals surface area contributed by atoms with Gasteiger partial charge in [-0.15, -0.1) is 0 Å². The van der Waals surface area contributed by atoms with Crippen molar-refractivity contribution in [1.29, 1.82) is 0 Å². The average molecular weight is 502 g/mol. The van der Waals surface area contributed by atoms with Crippen molar-refractivity contribution in [2.24, 2.45) is 0 Å². The molecule has 1 unspecified atom stereocenters. The summed E-state index contributed by atoms with van der Waals surface area (Å²) in [7, 11) is 0. The highest BCUT2D eigenvalue weighted by Gasteiger charge is 2.37. The smallest absolute Gasteiger partial charge is 0.338 e. The summed E-state index contributed by atoms with van der Waals surface area (Å²) >= 11 is 1.54. The van der Waals surface area contributed by atoms with Gasteiger partial charge in [0.25, 0.3) is 0 Å². The highest BCUT2D eigenvalue weighted by atomic mass is 127. The Labute approximate surface area is 179 Å². The summed E-state index contributed by atoms with van der Waals surface area (Å²) in [5.74, 6) is -0.995. The van der Waals surface area contributed by atoms with Gasteiger partial charge in [-0.25, -0.2) is 4.79 Å². The molecule has 0 aromatic heterocycles. The van der Waals surface area contributed by atoms with Crippen molar-refractivity contribution in [2.75, 3.05) is 13.2 Å². The van der Waals surface area contributed by atoms with Gasteiger partial charge < -0.3 is 12.7 Å². The Balaban J connectivity index is 2.01. The Morgan fingerprint density at radius 1 is 1.29 bits per heavy atom. The molecule has 7 nitrogen and oxygen atoms in total. The number of ether oxygens (including phenoxy) is 1. The van der Waals surface area contributed by atoms with Crippen molar-refractivity contribution in [2.45, 2.75) is 57.7 Å². The van der Waals surface area contributed by atoms with Gasteiger partial charge in [-0.05, 0) is 45.1 Å². The molecular weight excluding hydrogens is 475 g/mol. The number of rotatable bonds is 9. The molecule has 1 fully saturated rings. The lowest BCUT2D eigenvalue weighted by Crippen LogP contribution is -2.53. The lowest BCUT2D eigenvalue weighted by atomic mass is 10.0. The number of likely N-dealkylation sites (tertiary alicyclic amines) is 1. The van der Waals surface area contributed by atoms with Crippen molar-refractivity contribution in [3.63, 3.8) is 0 Å². The number of hydrogen-bond donors (Lipinski definition) is 1. The van der Waals surface area contributed by atoms with E-state index in [1.54, 1.807) is 36.9 Å². The molecule has 1 saturated heterocycles. The first-order valence-electron chi connectivity index (χ1n) is 9.57. The number of carbonyl (C=O) groups is 3. The van der Waals surface area contributed by atoms with E-state index in [1.165, 1.54) is 4.90 Å². The lowest BCUT2D eigenvalue weighted by molar-refractivity contribution is -0.148. The van der Waals surface area contributed by atoms with E-state index in [4.69, 9.17) is 7.80 Å². The second-order valence-electron chi connectivity index (χ2n) is 6.80. The number of nitrogens with zero attached hydrogens (tertiary/aromatic N) is 1. The summed E-state index contributed by atoms with van der Waals surface area (Å²) in [6, 6.07) is 8.08. The largest absolute Gasteiger partial charge is 0.465 e. The summed E-state index contributed by atoms with van der Waals surface area (Å²) in [5.41, 5.74) is 1.11. The molecule has 8 heteroatoms. The van der Waals surface area contributed by atoms with Crippen LogP contribution in [0.15, 0.2) is 30.3 Å². The van der Waals surface area contributed by atoms with Crippen LogP contribution in [0.5, 0.6) is 0 Å². The molecule has 0 aliphatic carbocycles. The van der Waals surface area contributed by atoms with E-state index in [0.717, 1.165) is 12.0 Å². The van der Waals surface area contributed by atoms with Crippen LogP contribution in [-0.2, 0) is 28.6 Å². The summed E-state index contributed by atoms with van der Waals surface area (Å²) in [6.07, 6.45) is 2.55. The number of halogens is 1. The monoisotopic (exact) mass is 502 g/mol. The van der Waals surface area contributed by atoms with Gasteiger partial charge >= 0.3 is 11.9 Å². The number of hydrogen-bond acceptors (Lipinski definition) is 6. The van der Waals surface area contributed by atoms with Crippen LogP contribution >= 0.6 is 23.0 Å². The fourth-order valence-electron chi connectivity index (χ4n) is 3.42. The lowest BCUT2D eigenvalue weighted by Gasteiger charge is -2.28. The van der Waals surface area contributed by atoms with Gasteiger partial charge in [0.2, 0.25) is 5.91 Å². The Morgan fingerprint density at radius 2 is 2.00 bits per heavy atom. The number of esters is 1. The molecule has 0 bridgehead atoms. The molecule has 1 aromatic carbocycles. The van der Waals surface area contributed by atoms with Gasteiger partial charge in [0.15, 0.2) is 23.0 Å². The molecule has 28 heavy (non-hydrogen) atoms. The predicted octanol–water partition coefficient (Wildman–Crippen LogP) is 2.41. The molecule has 1 aliphatic rings. The minimum atomic E-state index is -0.618. The standard InChI is InChI=1S/C20H27IN2O5/c1-3-27-19(25)16(12-11-15-8-5-4-6-9-15)22-14(2)18(24)23-13-7-10-17(23)20(26)28-21/h4-6,8-9,14,16-17,22H,3,7,10-13H2,1-2H3/t14?,16-,17-/m0/s1. The zero-order valence-electron chi connectivity index (χ0n) is 16.2. The van der Waals surface area contributed by atoms with E-state index < -0.39 is 24.1 Å². The zero-order valence-corrected chi connectivity index (χ0v) is 18.4. The molecule has 1 amide bonds. The Morgan fingerprint density at radius 3 is 2.64 bits per heavy atom. The molecule has 1 heterocycles. The summed E-state index contributed by atoms with van der Waals surface area (Å²) in [6.45, 7) is 4.25. The predicted molar refractivity (Wildman–Crippen MR) is 113 cm³/mol. The molecular formula is C20H27IN2O5. The quantitative estimate of drug-likeness (QED) is 0.413. The van der Waals surface area contributed by atoms with Crippen molar-refractivity contribution in [3.05, 3.63) is 35.9 Å².